The van der Waals surface area contributed by atoms with E-state index in [-0.39, 0.29) is 21.4 Å². The summed E-state index contributed by atoms with van der Waals surface area (Å²) >= 11 is 0.858. The number of hydrogen-bond donors (Lipinski definition) is 2. The van der Waals surface area contributed by atoms with Crippen LogP contribution in [0.4, 0.5) is 9.93 Å². The first-order valence-electron chi connectivity index (χ1n) is 10.1. The monoisotopic (exact) mass is 445 g/mol. The number of carbonyl (C=O) groups excluding carboxylic acids is 1. The zero-order chi connectivity index (χ0) is 21.6. The molecule has 1 saturated carbocycles. The van der Waals surface area contributed by atoms with Crippen LogP contribution in [-0.4, -0.2) is 53.7 Å². The van der Waals surface area contributed by atoms with Crippen LogP contribution in [0, 0.1) is 11.8 Å². The molecule has 0 aliphatic heterocycles. The van der Waals surface area contributed by atoms with Crippen LogP contribution in [0.3, 0.4) is 0 Å². The van der Waals surface area contributed by atoms with Crippen molar-refractivity contribution in [3.63, 3.8) is 0 Å². The van der Waals surface area contributed by atoms with Gasteiger partial charge < -0.3 is 10.0 Å². The fraction of sp³-hybridized carbons (Fsp3) is 0.737. The molecule has 2 N–H and O–H groups in total. The van der Waals surface area contributed by atoms with Crippen LogP contribution < -0.4 is 5.32 Å². The molecular formula is C19H31N3O5S2. The van der Waals surface area contributed by atoms with Crippen molar-refractivity contribution in [2.24, 2.45) is 11.8 Å². The zero-order valence-electron chi connectivity index (χ0n) is 17.3. The first-order valence-corrected chi connectivity index (χ1v) is 12.5. The van der Waals surface area contributed by atoms with Crippen LogP contribution in [0.5, 0.6) is 0 Å². The summed E-state index contributed by atoms with van der Waals surface area (Å²) in [7, 11) is -3.73. The maximum atomic E-state index is 12.9. The Labute approximate surface area is 176 Å². The van der Waals surface area contributed by atoms with Gasteiger partial charge in [0.1, 0.15) is 4.21 Å². The van der Waals surface area contributed by atoms with Gasteiger partial charge in [0.25, 0.3) is 0 Å². The lowest BCUT2D eigenvalue weighted by Crippen LogP contribution is -2.45. The zero-order valence-corrected chi connectivity index (χ0v) is 18.9. The smallest absolute Gasteiger partial charge is 0.323 e. The molecule has 10 heteroatoms. The van der Waals surface area contributed by atoms with Crippen LogP contribution >= 0.6 is 11.3 Å². The lowest BCUT2D eigenvalue weighted by molar-refractivity contribution is -0.136. The van der Waals surface area contributed by atoms with Crippen molar-refractivity contribution < 1.29 is 23.1 Å². The topological polar surface area (TPSA) is 117 Å². The van der Waals surface area contributed by atoms with E-state index in [0.29, 0.717) is 18.4 Å². The third kappa shape index (κ3) is 7.26. The number of aromatic nitrogens is 1. The van der Waals surface area contributed by atoms with Crippen LogP contribution in [0.2, 0.25) is 0 Å². The highest BCUT2D eigenvalue weighted by molar-refractivity contribution is 7.93. The van der Waals surface area contributed by atoms with Gasteiger partial charge in [-0.15, -0.1) is 0 Å². The molecule has 0 atom stereocenters. The average Bonchev–Trinajstić information content (AvgIpc) is 3.11. The molecule has 164 valence electrons. The predicted octanol–water partition coefficient (Wildman–Crippen LogP) is 3.85. The Morgan fingerprint density at radius 1 is 1.31 bits per heavy atom. The van der Waals surface area contributed by atoms with E-state index in [2.05, 4.69) is 31.1 Å². The minimum Gasteiger partial charge on any atom is -0.481 e. The van der Waals surface area contributed by atoms with Crippen molar-refractivity contribution in [2.75, 3.05) is 17.6 Å². The second-order valence-corrected chi connectivity index (χ2v) is 11.5. The number of urea groups is 1. The number of rotatable bonds is 9. The Morgan fingerprint density at radius 2 is 1.97 bits per heavy atom. The quantitative estimate of drug-likeness (QED) is 0.596. The number of aliphatic carboxylic acids is 1. The van der Waals surface area contributed by atoms with Gasteiger partial charge in [-0.05, 0) is 43.9 Å². The van der Waals surface area contributed by atoms with E-state index in [1.807, 2.05) is 4.90 Å². The number of carboxylic acid groups (broad SMARTS) is 1. The van der Waals surface area contributed by atoms with Crippen molar-refractivity contribution in [3.8, 4) is 0 Å². The molecule has 0 aromatic carbocycles. The Morgan fingerprint density at radius 3 is 2.55 bits per heavy atom. The number of anilines is 1. The second-order valence-electron chi connectivity index (χ2n) is 8.17. The van der Waals surface area contributed by atoms with E-state index >= 15 is 0 Å². The Hall–Kier alpha value is -1.68. The molecule has 1 fully saturated rings. The molecule has 29 heavy (non-hydrogen) atoms. The Kier molecular flexibility index (Phi) is 8.45. The molecule has 1 aliphatic carbocycles. The Bertz CT molecular complexity index is 799. The highest BCUT2D eigenvalue weighted by Gasteiger charge is 2.28. The highest BCUT2D eigenvalue weighted by atomic mass is 32.2. The minimum atomic E-state index is -3.73. The maximum Gasteiger partial charge on any atom is 0.323 e. The van der Waals surface area contributed by atoms with Gasteiger partial charge in [0.05, 0.1) is 18.4 Å². The summed E-state index contributed by atoms with van der Waals surface area (Å²) in [6.07, 6.45) is 5.74. The number of amides is 2. The van der Waals surface area contributed by atoms with Gasteiger partial charge in [0, 0.05) is 12.6 Å². The molecule has 0 radical (unpaired) electrons. The maximum absolute atomic E-state index is 12.9. The highest BCUT2D eigenvalue weighted by Crippen LogP contribution is 2.29. The lowest BCUT2D eigenvalue weighted by Gasteiger charge is -2.36. The largest absolute Gasteiger partial charge is 0.481 e. The summed E-state index contributed by atoms with van der Waals surface area (Å²) in [5.41, 5.74) is 0. The van der Waals surface area contributed by atoms with Gasteiger partial charge in [-0.1, -0.05) is 32.1 Å². The number of carboxylic acids is 1. The number of hydrogen-bond acceptors (Lipinski definition) is 6. The number of nitrogens with one attached hydrogen (secondary N) is 1. The second kappa shape index (κ2) is 10.4. The summed E-state index contributed by atoms with van der Waals surface area (Å²) in [6.45, 7) is 7.12. The normalized spacial score (nSPS) is 19.9. The van der Waals surface area contributed by atoms with Crippen molar-refractivity contribution in [2.45, 2.75) is 69.5 Å². The van der Waals surface area contributed by atoms with Gasteiger partial charge in [0.2, 0.25) is 0 Å². The molecule has 0 bridgehead atoms. The van der Waals surface area contributed by atoms with E-state index in [4.69, 9.17) is 5.11 Å². The van der Waals surface area contributed by atoms with E-state index in [1.165, 1.54) is 6.20 Å². The van der Waals surface area contributed by atoms with Gasteiger partial charge in [0.15, 0.2) is 15.0 Å². The summed E-state index contributed by atoms with van der Waals surface area (Å²) in [4.78, 5) is 29.5. The number of nitrogens with zero attached hydrogens (tertiary/aromatic N) is 2. The minimum absolute atomic E-state index is 0.0331. The molecule has 2 rings (SSSR count). The van der Waals surface area contributed by atoms with Gasteiger partial charge in [-0.3, -0.25) is 10.1 Å². The first kappa shape index (κ1) is 23.6. The molecule has 8 nitrogen and oxygen atoms in total. The van der Waals surface area contributed by atoms with E-state index in [0.717, 1.165) is 43.4 Å². The van der Waals surface area contributed by atoms with Gasteiger partial charge >= 0.3 is 12.0 Å². The average molecular weight is 446 g/mol. The van der Waals surface area contributed by atoms with Gasteiger partial charge in [-0.2, -0.15) is 0 Å². The fourth-order valence-corrected chi connectivity index (χ4v) is 5.74. The van der Waals surface area contributed by atoms with Crippen LogP contribution in [-0.2, 0) is 14.6 Å². The van der Waals surface area contributed by atoms with Crippen molar-refractivity contribution >= 4 is 38.3 Å². The third-order valence-corrected chi connectivity index (χ3v) is 8.40. The summed E-state index contributed by atoms with van der Waals surface area (Å²) in [6, 6.07) is -0.0716. The SMILES string of the molecule is CC(C)CCN(C(=O)Nc1ncc(S(=O)(=O)CCC(=O)O)s1)C1CCC(C)CC1. The summed E-state index contributed by atoms with van der Waals surface area (Å²) in [5, 5.41) is 11.7. The number of sulfone groups is 1. The van der Waals surface area contributed by atoms with Gasteiger partial charge in [-0.25, -0.2) is 18.2 Å². The third-order valence-electron chi connectivity index (χ3n) is 5.22. The van der Waals surface area contributed by atoms with E-state index in [1.54, 1.807) is 0 Å². The molecule has 2 amide bonds. The number of thiazole rings is 1. The predicted molar refractivity (Wildman–Crippen MR) is 113 cm³/mol. The van der Waals surface area contributed by atoms with E-state index in [9.17, 15) is 18.0 Å². The molecular weight excluding hydrogens is 414 g/mol. The van der Waals surface area contributed by atoms with Crippen LogP contribution in [0.1, 0.15) is 59.3 Å². The number of carbonyl (C=O) groups is 2. The fourth-order valence-electron chi connectivity index (χ4n) is 3.35. The summed E-state index contributed by atoms with van der Waals surface area (Å²) in [5.74, 6) is -0.509. The summed E-state index contributed by atoms with van der Waals surface area (Å²) < 4.78 is 24.4. The molecule has 0 spiro atoms. The molecule has 1 aliphatic rings. The van der Waals surface area contributed by atoms with E-state index < -0.39 is 28.0 Å². The van der Waals surface area contributed by atoms with Crippen molar-refractivity contribution in [1.29, 1.82) is 0 Å². The standard InChI is InChI=1S/C19H31N3O5S2/c1-13(2)8-10-22(15-6-4-14(3)5-7-15)19(25)21-18-20-12-17(28-18)29(26,27)11-9-16(23)24/h12-15H,4-11H2,1-3H3,(H,23,24)(H,20,21,25). The molecule has 1 aromatic rings. The van der Waals surface area contributed by atoms with Crippen molar-refractivity contribution in [3.05, 3.63) is 6.20 Å². The molecule has 1 heterocycles. The van der Waals surface area contributed by atoms with Crippen molar-refractivity contribution in [1.82, 2.24) is 9.88 Å². The Balaban J connectivity index is 2.06. The van der Waals surface area contributed by atoms with Crippen LogP contribution in [0.15, 0.2) is 10.4 Å². The van der Waals surface area contributed by atoms with Crippen LogP contribution in [0.25, 0.3) is 0 Å². The lowest BCUT2D eigenvalue weighted by atomic mass is 9.86. The molecule has 0 saturated heterocycles. The first-order chi connectivity index (χ1) is 13.6. The molecule has 0 unspecified atom stereocenters. The molecule has 1 aromatic heterocycles.